The van der Waals surface area contributed by atoms with Crippen LogP contribution in [0.5, 0.6) is 0 Å². The molecule has 0 saturated carbocycles. The van der Waals surface area contributed by atoms with Crippen molar-refractivity contribution in [2.45, 2.75) is 122 Å². The second-order valence-electron chi connectivity index (χ2n) is 7.83. The van der Waals surface area contributed by atoms with Crippen LogP contribution < -0.4 is 11.1 Å². The first kappa shape index (κ1) is 30.6. The molecule has 6 nitrogen and oxygen atoms in total. The number of carbonyl (C=O) groups is 3. The monoisotopic (exact) mass is 422 g/mol. The second-order valence-corrected chi connectivity index (χ2v) is 7.83. The summed E-state index contributed by atoms with van der Waals surface area (Å²) in [5, 5.41) is 11.3. The molecule has 0 unspecified atom stereocenters. The van der Waals surface area contributed by atoms with E-state index in [1.165, 1.54) is 77.0 Å². The first-order valence-corrected chi connectivity index (χ1v) is 11.3. The van der Waals surface area contributed by atoms with Gasteiger partial charge in [0.05, 0.1) is 6.42 Å². The number of aliphatic carboxylic acids is 1. The molecule has 0 aromatic carbocycles. The molecule has 0 spiro atoms. The van der Waals surface area contributed by atoms with Crippen LogP contribution in [0, 0.1) is 0 Å². The molecule has 0 aliphatic carbocycles. The van der Waals surface area contributed by atoms with E-state index in [1.54, 1.807) is 0 Å². The number of rotatable bonds is 20. The summed E-state index contributed by atoms with van der Waals surface area (Å²) in [6.45, 7) is 2.25. The third-order valence-electron chi connectivity index (χ3n) is 5.05. The quantitative estimate of drug-likeness (QED) is 0.203. The van der Waals surface area contributed by atoms with Gasteiger partial charge in [0.1, 0.15) is 6.04 Å². The van der Waals surface area contributed by atoms with Gasteiger partial charge in [0.15, 0.2) is 0 Å². The Kier molecular flexibility index (Phi) is 23.3. The fourth-order valence-electron chi connectivity index (χ4n) is 3.32. The molecular formula is C22H43N2NaO4. The SMILES string of the molecule is CCCCCCCCCCCCCCCCCC(=O)N[C@@H](CC(N)=O)C(=O)O.[NaH]. The molecule has 2 amide bonds. The van der Waals surface area contributed by atoms with Gasteiger partial charge in [-0.3, -0.25) is 9.59 Å². The maximum atomic E-state index is 11.7. The van der Waals surface area contributed by atoms with Crippen LogP contribution in [0.4, 0.5) is 0 Å². The average Bonchev–Trinajstić information content (AvgIpc) is 2.64. The van der Waals surface area contributed by atoms with Gasteiger partial charge >= 0.3 is 35.5 Å². The zero-order valence-corrected chi connectivity index (χ0v) is 17.8. The predicted molar refractivity (Wildman–Crippen MR) is 120 cm³/mol. The molecule has 0 radical (unpaired) electrons. The summed E-state index contributed by atoms with van der Waals surface area (Å²) in [7, 11) is 0. The number of hydrogen-bond donors (Lipinski definition) is 3. The number of carbonyl (C=O) groups excluding carboxylic acids is 2. The Bertz CT molecular complexity index is 433. The summed E-state index contributed by atoms with van der Waals surface area (Å²) in [6.07, 6.45) is 18.8. The topological polar surface area (TPSA) is 109 Å². The van der Waals surface area contributed by atoms with Crippen LogP contribution in [0.1, 0.15) is 116 Å². The molecule has 0 aromatic rings. The average molecular weight is 423 g/mol. The molecule has 0 aliphatic rings. The Morgan fingerprint density at radius 3 is 1.48 bits per heavy atom. The molecule has 29 heavy (non-hydrogen) atoms. The third kappa shape index (κ3) is 21.9. The number of primary amides is 1. The minimum atomic E-state index is -1.23. The van der Waals surface area contributed by atoms with E-state index in [1.807, 2.05) is 0 Å². The van der Waals surface area contributed by atoms with Crippen LogP contribution in [0.3, 0.4) is 0 Å². The van der Waals surface area contributed by atoms with Crippen molar-refractivity contribution in [3.05, 3.63) is 0 Å². The molecule has 0 fully saturated rings. The van der Waals surface area contributed by atoms with Crippen molar-refractivity contribution in [2.24, 2.45) is 5.73 Å². The van der Waals surface area contributed by atoms with Crippen molar-refractivity contribution in [1.82, 2.24) is 5.32 Å². The Hall–Kier alpha value is -0.590. The summed E-state index contributed by atoms with van der Waals surface area (Å²) < 4.78 is 0. The van der Waals surface area contributed by atoms with E-state index in [2.05, 4.69) is 12.2 Å². The fraction of sp³-hybridized carbons (Fsp3) is 0.864. The van der Waals surface area contributed by atoms with E-state index < -0.39 is 17.9 Å². The molecule has 1 atom stereocenters. The van der Waals surface area contributed by atoms with Crippen LogP contribution in [0.15, 0.2) is 0 Å². The Balaban J connectivity index is 0. The van der Waals surface area contributed by atoms with Gasteiger partial charge in [0.2, 0.25) is 11.8 Å². The van der Waals surface area contributed by atoms with Gasteiger partial charge in [-0.25, -0.2) is 4.79 Å². The van der Waals surface area contributed by atoms with Crippen molar-refractivity contribution < 1.29 is 19.5 Å². The van der Waals surface area contributed by atoms with Crippen LogP contribution in [0.25, 0.3) is 0 Å². The Morgan fingerprint density at radius 1 is 0.759 bits per heavy atom. The molecular weight excluding hydrogens is 379 g/mol. The zero-order chi connectivity index (χ0) is 21.0. The van der Waals surface area contributed by atoms with E-state index in [0.29, 0.717) is 6.42 Å². The van der Waals surface area contributed by atoms with Gasteiger partial charge < -0.3 is 16.2 Å². The summed E-state index contributed by atoms with van der Waals surface area (Å²) in [4.78, 5) is 33.5. The maximum absolute atomic E-state index is 11.7. The van der Waals surface area contributed by atoms with Gasteiger partial charge in [0, 0.05) is 6.42 Å². The first-order valence-electron chi connectivity index (χ1n) is 11.3. The van der Waals surface area contributed by atoms with Crippen molar-refractivity contribution in [1.29, 1.82) is 0 Å². The van der Waals surface area contributed by atoms with E-state index in [9.17, 15) is 14.4 Å². The molecule has 0 aliphatic heterocycles. The normalized spacial score (nSPS) is 11.5. The predicted octanol–water partition coefficient (Wildman–Crippen LogP) is 4.04. The summed E-state index contributed by atoms with van der Waals surface area (Å²) in [6, 6.07) is -1.22. The number of amides is 2. The zero-order valence-electron chi connectivity index (χ0n) is 17.8. The van der Waals surface area contributed by atoms with Gasteiger partial charge in [-0.05, 0) is 6.42 Å². The van der Waals surface area contributed by atoms with Crippen molar-refractivity contribution in [3.63, 3.8) is 0 Å². The van der Waals surface area contributed by atoms with Gasteiger partial charge in [-0.2, -0.15) is 0 Å². The first-order chi connectivity index (χ1) is 13.5. The standard InChI is InChI=1S/C22H42N2O4.Na.H/c1-2-3-4-5-6-7-8-9-10-11-12-13-14-15-16-17-21(26)24-19(22(27)28)18-20(23)25;;/h19H,2-18H2,1H3,(H2,23,25)(H,24,26)(H,27,28);;/t19-;;/m0../s1. The molecule has 0 saturated heterocycles. The van der Waals surface area contributed by atoms with Crippen LogP contribution in [-0.4, -0.2) is 58.5 Å². The molecule has 0 rings (SSSR count). The molecule has 0 bridgehead atoms. The van der Waals surface area contributed by atoms with Crippen LogP contribution >= 0.6 is 0 Å². The number of nitrogens with one attached hydrogen (secondary N) is 1. The molecule has 4 N–H and O–H groups in total. The minimum absolute atomic E-state index is 0. The molecule has 7 heteroatoms. The number of carboxylic acids is 1. The van der Waals surface area contributed by atoms with E-state index >= 15 is 0 Å². The van der Waals surface area contributed by atoms with Crippen molar-refractivity contribution in [2.75, 3.05) is 0 Å². The van der Waals surface area contributed by atoms with Crippen LogP contribution in [0.2, 0.25) is 0 Å². The van der Waals surface area contributed by atoms with Gasteiger partial charge in [-0.15, -0.1) is 0 Å². The number of carboxylic acid groups (broad SMARTS) is 1. The van der Waals surface area contributed by atoms with E-state index in [0.717, 1.165) is 19.3 Å². The van der Waals surface area contributed by atoms with E-state index in [-0.39, 0.29) is 41.9 Å². The van der Waals surface area contributed by atoms with Gasteiger partial charge in [-0.1, -0.05) is 96.8 Å². The number of nitrogens with two attached hydrogens (primary N) is 1. The molecule has 0 aromatic heterocycles. The molecule has 0 heterocycles. The van der Waals surface area contributed by atoms with Gasteiger partial charge in [0.25, 0.3) is 0 Å². The summed E-state index contributed by atoms with van der Waals surface area (Å²) in [5.41, 5.74) is 4.99. The summed E-state index contributed by atoms with van der Waals surface area (Å²) in [5.74, 6) is -2.30. The van der Waals surface area contributed by atoms with Crippen molar-refractivity contribution >= 4 is 47.3 Å². The third-order valence-corrected chi connectivity index (χ3v) is 5.05. The molecule has 166 valence electrons. The summed E-state index contributed by atoms with van der Waals surface area (Å²) >= 11 is 0. The number of unbranched alkanes of at least 4 members (excludes halogenated alkanes) is 14. The van der Waals surface area contributed by atoms with Crippen LogP contribution in [-0.2, 0) is 14.4 Å². The second kappa shape index (κ2) is 22.1. The van der Waals surface area contributed by atoms with Crippen molar-refractivity contribution in [3.8, 4) is 0 Å². The Morgan fingerprint density at radius 2 is 1.14 bits per heavy atom. The fourth-order valence-corrected chi connectivity index (χ4v) is 3.32. The Labute approximate surface area is 199 Å². The number of hydrogen-bond acceptors (Lipinski definition) is 3. The van der Waals surface area contributed by atoms with E-state index in [4.69, 9.17) is 10.8 Å².